The third-order valence-corrected chi connectivity index (χ3v) is 9.63. The Morgan fingerprint density at radius 1 is 0.500 bits per heavy atom. The summed E-state index contributed by atoms with van der Waals surface area (Å²) in [5, 5.41) is 19.7. The van der Waals surface area contributed by atoms with Crippen LogP contribution in [-0.4, -0.2) is 25.9 Å². The minimum absolute atomic E-state index is 0.258. The maximum Gasteiger partial charge on any atom is 0.294 e. The molecule has 6 aromatic carbocycles. The van der Waals surface area contributed by atoms with Crippen molar-refractivity contribution in [3.05, 3.63) is 107 Å². The average molecular weight is 722 g/mol. The van der Waals surface area contributed by atoms with Crippen LogP contribution in [0.2, 0.25) is 10.0 Å². The summed E-state index contributed by atoms with van der Waals surface area (Å²) in [5.74, 6) is 0. The summed E-state index contributed by atoms with van der Waals surface area (Å²) in [7, 11) is -8.77. The molecular weight excluding hydrogens is 699 g/mol. The standard InChI is InChI=1S/C32H22Cl2N6O6S2/c33-25-15-17(3-11-29(25)37-39-31-23-7-5-21(47(41,42)43)13-19(23)1-9-27(31)35)18-4-12-30(26(34)16-18)38-40-32-24-8-6-22(48(44,45)46)14-20(24)2-10-28(32)36/h1-16H,35-36H2,(H,41,42,43)(H,44,45,46). The highest BCUT2D eigenvalue weighted by molar-refractivity contribution is 7.86. The van der Waals surface area contributed by atoms with Gasteiger partial charge in [-0.3, -0.25) is 9.11 Å². The molecule has 0 spiro atoms. The fourth-order valence-electron chi connectivity index (χ4n) is 4.90. The van der Waals surface area contributed by atoms with Crippen LogP contribution in [0.5, 0.6) is 0 Å². The summed E-state index contributed by atoms with van der Waals surface area (Å²) in [4.78, 5) is -0.516. The van der Waals surface area contributed by atoms with E-state index in [1.165, 1.54) is 36.4 Å². The van der Waals surface area contributed by atoms with Crippen LogP contribution in [0.1, 0.15) is 0 Å². The third-order valence-electron chi connectivity index (χ3n) is 7.33. The van der Waals surface area contributed by atoms with Gasteiger partial charge in [-0.1, -0.05) is 59.6 Å². The van der Waals surface area contributed by atoms with Gasteiger partial charge in [-0.2, -0.15) is 16.8 Å². The van der Waals surface area contributed by atoms with Gasteiger partial charge in [-0.25, -0.2) is 0 Å². The predicted molar refractivity (Wildman–Crippen MR) is 187 cm³/mol. The molecule has 6 N–H and O–H groups in total. The summed E-state index contributed by atoms with van der Waals surface area (Å²) in [6.45, 7) is 0. The Bertz CT molecular complexity index is 2400. The van der Waals surface area contributed by atoms with Crippen LogP contribution in [0.4, 0.5) is 34.1 Å². The van der Waals surface area contributed by atoms with E-state index in [1.807, 2.05) is 0 Å². The molecular formula is C32H22Cl2N6O6S2. The molecule has 6 rings (SSSR count). The van der Waals surface area contributed by atoms with Crippen molar-refractivity contribution in [2.45, 2.75) is 9.79 Å². The minimum Gasteiger partial charge on any atom is -0.397 e. The van der Waals surface area contributed by atoms with Gasteiger partial charge in [0, 0.05) is 10.8 Å². The van der Waals surface area contributed by atoms with Gasteiger partial charge >= 0.3 is 0 Å². The lowest BCUT2D eigenvalue weighted by molar-refractivity contribution is 0.481. The molecule has 48 heavy (non-hydrogen) atoms. The fourth-order valence-corrected chi connectivity index (χ4v) is 6.37. The van der Waals surface area contributed by atoms with Crippen molar-refractivity contribution in [2.24, 2.45) is 20.5 Å². The number of azo groups is 2. The average Bonchev–Trinajstić information content (AvgIpc) is 3.03. The second kappa shape index (κ2) is 12.6. The maximum atomic E-state index is 11.5. The molecule has 6 aromatic rings. The fraction of sp³-hybridized carbons (Fsp3) is 0. The van der Waals surface area contributed by atoms with Crippen LogP contribution >= 0.6 is 23.2 Å². The zero-order valence-electron chi connectivity index (χ0n) is 24.3. The lowest BCUT2D eigenvalue weighted by Gasteiger charge is -2.08. The highest BCUT2D eigenvalue weighted by Crippen LogP contribution is 2.39. The first-order valence-electron chi connectivity index (χ1n) is 13.7. The highest BCUT2D eigenvalue weighted by atomic mass is 35.5. The number of rotatable bonds is 7. The monoisotopic (exact) mass is 720 g/mol. The number of halogens is 2. The second-order valence-corrected chi connectivity index (χ2v) is 14.1. The first-order chi connectivity index (χ1) is 22.7. The molecule has 0 heterocycles. The minimum atomic E-state index is -4.39. The third kappa shape index (κ3) is 6.71. The van der Waals surface area contributed by atoms with Crippen molar-refractivity contribution in [1.82, 2.24) is 0 Å². The molecule has 0 aliphatic carbocycles. The first-order valence-corrected chi connectivity index (χ1v) is 17.3. The van der Waals surface area contributed by atoms with Gasteiger partial charge in [-0.05, 0) is 82.6 Å². The van der Waals surface area contributed by atoms with Crippen molar-refractivity contribution in [1.29, 1.82) is 0 Å². The molecule has 0 saturated heterocycles. The van der Waals surface area contributed by atoms with Gasteiger partial charge in [0.2, 0.25) is 0 Å². The summed E-state index contributed by atoms with van der Waals surface area (Å²) < 4.78 is 64.9. The van der Waals surface area contributed by atoms with E-state index >= 15 is 0 Å². The largest absolute Gasteiger partial charge is 0.397 e. The Labute approximate surface area is 283 Å². The number of hydrogen-bond donors (Lipinski definition) is 4. The molecule has 12 nitrogen and oxygen atoms in total. The Morgan fingerprint density at radius 3 is 1.25 bits per heavy atom. The Hall–Kier alpha value is -4.96. The number of benzene rings is 6. The molecule has 0 amide bonds. The lowest BCUT2D eigenvalue weighted by atomic mass is 10.0. The molecule has 0 saturated carbocycles. The number of nitrogen functional groups attached to an aromatic ring is 2. The van der Waals surface area contributed by atoms with E-state index in [0.29, 0.717) is 55.7 Å². The highest BCUT2D eigenvalue weighted by Gasteiger charge is 2.15. The SMILES string of the molecule is Nc1ccc2cc(S(=O)(=O)O)ccc2c1N=Nc1ccc(-c2ccc(N=Nc3c(N)ccc4cc(S(=O)(=O)O)ccc34)c(Cl)c2)cc1Cl. The zero-order chi connectivity index (χ0) is 34.4. The van der Waals surface area contributed by atoms with Crippen molar-refractivity contribution in [3.63, 3.8) is 0 Å². The zero-order valence-corrected chi connectivity index (χ0v) is 27.4. The van der Waals surface area contributed by atoms with Crippen LogP contribution in [-0.2, 0) is 20.2 Å². The maximum absolute atomic E-state index is 11.5. The smallest absolute Gasteiger partial charge is 0.294 e. The Balaban J connectivity index is 1.25. The van der Waals surface area contributed by atoms with E-state index in [9.17, 15) is 25.9 Å². The molecule has 0 radical (unpaired) electrons. The molecule has 0 bridgehead atoms. The molecule has 0 atom stereocenters. The van der Waals surface area contributed by atoms with Gasteiger partial charge in [0.05, 0.1) is 31.2 Å². The van der Waals surface area contributed by atoms with Crippen LogP contribution < -0.4 is 11.5 Å². The molecule has 242 valence electrons. The first kappa shape index (κ1) is 33.0. The van der Waals surface area contributed by atoms with Gasteiger partial charge in [0.25, 0.3) is 20.2 Å². The number of nitrogens with zero attached hydrogens (tertiary/aromatic N) is 4. The van der Waals surface area contributed by atoms with Crippen molar-refractivity contribution in [2.75, 3.05) is 11.5 Å². The molecule has 0 aromatic heterocycles. The van der Waals surface area contributed by atoms with Crippen molar-refractivity contribution in [3.8, 4) is 11.1 Å². The van der Waals surface area contributed by atoms with Crippen LogP contribution in [0, 0.1) is 0 Å². The van der Waals surface area contributed by atoms with E-state index in [4.69, 9.17) is 34.7 Å². The van der Waals surface area contributed by atoms with Gasteiger partial charge in [0.15, 0.2) is 0 Å². The number of nitrogens with two attached hydrogens (primary N) is 2. The van der Waals surface area contributed by atoms with E-state index in [1.54, 1.807) is 60.7 Å². The molecule has 0 aliphatic heterocycles. The van der Waals surface area contributed by atoms with E-state index in [-0.39, 0.29) is 19.8 Å². The Morgan fingerprint density at radius 2 is 0.896 bits per heavy atom. The van der Waals surface area contributed by atoms with Crippen LogP contribution in [0.15, 0.2) is 127 Å². The molecule has 0 aliphatic rings. The second-order valence-electron chi connectivity index (χ2n) is 10.5. The van der Waals surface area contributed by atoms with Gasteiger partial charge < -0.3 is 11.5 Å². The molecule has 0 fully saturated rings. The topological polar surface area (TPSA) is 210 Å². The predicted octanol–water partition coefficient (Wildman–Crippen LogP) is 9.46. The van der Waals surface area contributed by atoms with E-state index in [2.05, 4.69) is 20.5 Å². The lowest BCUT2D eigenvalue weighted by Crippen LogP contribution is -1.97. The quantitative estimate of drug-likeness (QED) is 0.0706. The van der Waals surface area contributed by atoms with E-state index < -0.39 is 20.2 Å². The van der Waals surface area contributed by atoms with Crippen LogP contribution in [0.3, 0.4) is 0 Å². The number of fused-ring (bicyclic) bond motifs is 2. The number of anilines is 2. The summed E-state index contributed by atoms with van der Waals surface area (Å²) in [5.41, 5.74) is 15.6. The summed E-state index contributed by atoms with van der Waals surface area (Å²) in [6.07, 6.45) is 0. The van der Waals surface area contributed by atoms with Crippen molar-refractivity contribution >= 4 is 99.1 Å². The summed E-state index contributed by atoms with van der Waals surface area (Å²) in [6, 6.07) is 24.7. The van der Waals surface area contributed by atoms with Crippen molar-refractivity contribution < 1.29 is 25.9 Å². The van der Waals surface area contributed by atoms with E-state index in [0.717, 1.165) is 11.1 Å². The van der Waals surface area contributed by atoms with Crippen LogP contribution in [0.25, 0.3) is 32.7 Å². The van der Waals surface area contributed by atoms with Gasteiger partial charge in [-0.15, -0.1) is 20.5 Å². The molecule has 0 unspecified atom stereocenters. The molecule has 16 heteroatoms. The Kier molecular flexibility index (Phi) is 8.63. The van der Waals surface area contributed by atoms with Gasteiger partial charge in [0.1, 0.15) is 22.7 Å². The number of hydrogen-bond acceptors (Lipinski definition) is 10. The summed E-state index contributed by atoms with van der Waals surface area (Å²) >= 11 is 13.1. The normalized spacial score (nSPS) is 12.5.